The van der Waals surface area contributed by atoms with Crippen molar-refractivity contribution in [2.24, 2.45) is 13.0 Å². The lowest BCUT2D eigenvalue weighted by atomic mass is 10.1. The molecule has 0 radical (unpaired) electrons. The van der Waals surface area contributed by atoms with Crippen molar-refractivity contribution in [1.82, 2.24) is 29.3 Å². The zero-order chi connectivity index (χ0) is 26.4. The summed E-state index contributed by atoms with van der Waals surface area (Å²) >= 11 is 0. The molecule has 1 saturated heterocycles. The number of hydrogen-bond donors (Lipinski definition) is 1. The van der Waals surface area contributed by atoms with Crippen LogP contribution < -0.4 is 10.1 Å². The lowest BCUT2D eigenvalue weighted by molar-refractivity contribution is -0.119. The van der Waals surface area contributed by atoms with Crippen molar-refractivity contribution in [3.05, 3.63) is 48.0 Å². The first-order chi connectivity index (χ1) is 18.2. The number of hydrogen-bond acceptors (Lipinski definition) is 8. The van der Waals surface area contributed by atoms with Crippen LogP contribution in [-0.2, 0) is 28.9 Å². The number of alkyl halides is 2. The van der Waals surface area contributed by atoms with Crippen molar-refractivity contribution in [2.45, 2.75) is 44.6 Å². The number of imidazole rings is 1. The first-order valence-corrected chi connectivity index (χ1v) is 12.5. The van der Waals surface area contributed by atoms with Crippen LogP contribution in [0.2, 0.25) is 0 Å². The van der Waals surface area contributed by atoms with E-state index in [1.807, 2.05) is 0 Å². The molecule has 1 atom stereocenters. The van der Waals surface area contributed by atoms with Gasteiger partial charge in [-0.1, -0.05) is 0 Å². The van der Waals surface area contributed by atoms with E-state index < -0.39 is 5.92 Å². The van der Waals surface area contributed by atoms with Crippen molar-refractivity contribution in [3.63, 3.8) is 0 Å². The summed E-state index contributed by atoms with van der Waals surface area (Å²) in [7, 11) is 1.79. The van der Waals surface area contributed by atoms with E-state index in [4.69, 9.17) is 9.47 Å². The van der Waals surface area contributed by atoms with Crippen LogP contribution in [0.1, 0.15) is 43.6 Å². The van der Waals surface area contributed by atoms with Crippen molar-refractivity contribution < 1.29 is 23.0 Å². The number of Topliss-reactive ketones (excluding diaryl/α,β-unsaturated/α-hetero) is 1. The van der Waals surface area contributed by atoms with Gasteiger partial charge in [0, 0.05) is 57.3 Å². The molecule has 1 aliphatic carbocycles. The van der Waals surface area contributed by atoms with Crippen LogP contribution in [0.4, 0.5) is 20.5 Å². The van der Waals surface area contributed by atoms with Crippen LogP contribution in [0.3, 0.4) is 0 Å². The van der Waals surface area contributed by atoms with E-state index >= 15 is 0 Å². The van der Waals surface area contributed by atoms with Crippen molar-refractivity contribution >= 4 is 28.7 Å². The zero-order valence-electron chi connectivity index (χ0n) is 21.0. The highest BCUT2D eigenvalue weighted by Gasteiger charge is 2.34. The Kier molecular flexibility index (Phi) is 6.05. The van der Waals surface area contributed by atoms with Crippen LogP contribution in [0.15, 0.2) is 36.7 Å². The third-order valence-corrected chi connectivity index (χ3v) is 6.80. The van der Waals surface area contributed by atoms with Gasteiger partial charge in [-0.05, 0) is 25.3 Å². The lowest BCUT2D eigenvalue weighted by Crippen LogP contribution is -2.20. The van der Waals surface area contributed by atoms with Crippen molar-refractivity contribution in [1.29, 1.82) is 0 Å². The summed E-state index contributed by atoms with van der Waals surface area (Å²) < 4.78 is 43.1. The van der Waals surface area contributed by atoms with E-state index in [0.717, 1.165) is 19.8 Å². The second-order valence-corrected chi connectivity index (χ2v) is 9.90. The minimum absolute atomic E-state index is 0.177. The first-order valence-electron chi connectivity index (χ1n) is 12.5. The molecule has 0 amide bonds. The molecule has 10 nitrogen and oxygen atoms in total. The number of rotatable bonds is 9. The number of nitrogens with zero attached hydrogens (tertiary/aromatic N) is 6. The molecule has 4 aromatic rings. The third-order valence-electron chi connectivity index (χ3n) is 6.80. The molecule has 4 aromatic heterocycles. The number of halogens is 2. The van der Waals surface area contributed by atoms with Gasteiger partial charge < -0.3 is 19.4 Å². The Hall–Kier alpha value is -3.93. The molecule has 2 aliphatic rings. The maximum atomic E-state index is 14.3. The average molecular weight is 524 g/mol. The Morgan fingerprint density at radius 3 is 2.79 bits per heavy atom. The minimum Gasteiger partial charge on any atom is -0.456 e. The van der Waals surface area contributed by atoms with Gasteiger partial charge in [-0.15, -0.1) is 0 Å². The number of ether oxygens (including phenoxy) is 2. The van der Waals surface area contributed by atoms with Crippen LogP contribution in [0.25, 0.3) is 11.2 Å². The Bertz CT molecular complexity index is 1500. The molecule has 1 N–H and O–H groups in total. The van der Waals surface area contributed by atoms with E-state index in [0.29, 0.717) is 60.4 Å². The Morgan fingerprint density at radius 1 is 1.21 bits per heavy atom. The molecular formula is C26H27F2N7O3. The van der Waals surface area contributed by atoms with Crippen LogP contribution in [0, 0.1) is 5.92 Å². The molecule has 0 aromatic carbocycles. The number of carbonyl (C=O) groups is 1. The summed E-state index contributed by atoms with van der Waals surface area (Å²) in [5.74, 6) is -0.986. The van der Waals surface area contributed by atoms with Crippen LogP contribution in [-0.4, -0.2) is 48.3 Å². The molecule has 0 unspecified atom stereocenters. The summed E-state index contributed by atoms with van der Waals surface area (Å²) in [5, 5.41) is 7.45. The number of ketones is 1. The lowest BCUT2D eigenvalue weighted by Gasteiger charge is -2.16. The van der Waals surface area contributed by atoms with E-state index in [9.17, 15) is 13.6 Å². The molecule has 12 heteroatoms. The Morgan fingerprint density at radius 2 is 2.05 bits per heavy atom. The van der Waals surface area contributed by atoms with Gasteiger partial charge in [0.05, 0.1) is 30.1 Å². The summed E-state index contributed by atoms with van der Waals surface area (Å²) in [5.41, 5.74) is 1.62. The molecule has 6 rings (SSSR count). The summed E-state index contributed by atoms with van der Waals surface area (Å²) in [6.07, 6.45) is 6.02. The SMILES string of the molecule is Cn1c(Nc2cc(C(C)(F)F)n([C@H]3CCOC3)n2)nc2ncc(Oc3ccnc(CC(=O)C4CC4)c3)cc21. The summed E-state index contributed by atoms with van der Waals surface area (Å²) in [6.45, 7) is 1.72. The molecule has 198 valence electrons. The largest absolute Gasteiger partial charge is 0.456 e. The number of aromatic nitrogens is 6. The van der Waals surface area contributed by atoms with E-state index in [1.165, 1.54) is 10.7 Å². The van der Waals surface area contributed by atoms with Gasteiger partial charge in [0.2, 0.25) is 5.95 Å². The number of nitrogens with one attached hydrogen (secondary N) is 1. The quantitative estimate of drug-likeness (QED) is 0.337. The standard InChI is InChI=1S/C26H27F2N7O3/c1-26(27,28)22-12-23(33-35(22)17-6-8-37-14-17)31-25-32-24-20(34(25)2)11-19(13-30-24)38-18-5-7-29-16(9-18)10-21(36)15-3-4-15/h5,7,9,11-13,15,17H,3-4,6,8,10,14H2,1-2H3,(H,30,31,32,33)/t17-/m0/s1. The van der Waals surface area contributed by atoms with Gasteiger partial charge in [0.1, 0.15) is 23.0 Å². The molecule has 1 saturated carbocycles. The highest BCUT2D eigenvalue weighted by atomic mass is 19.3. The monoisotopic (exact) mass is 523 g/mol. The Balaban J connectivity index is 1.22. The number of anilines is 2. The zero-order valence-corrected chi connectivity index (χ0v) is 21.0. The van der Waals surface area contributed by atoms with Crippen molar-refractivity contribution in [3.8, 4) is 11.5 Å². The molecule has 0 bridgehead atoms. The van der Waals surface area contributed by atoms with Gasteiger partial charge in [0.25, 0.3) is 5.92 Å². The van der Waals surface area contributed by atoms with E-state index in [2.05, 4.69) is 25.4 Å². The molecule has 1 aliphatic heterocycles. The third kappa shape index (κ3) is 4.95. The topological polar surface area (TPSA) is 109 Å². The summed E-state index contributed by atoms with van der Waals surface area (Å²) in [6, 6.07) is 6.37. The fourth-order valence-electron chi connectivity index (χ4n) is 4.59. The molecule has 5 heterocycles. The number of carbonyl (C=O) groups excluding carboxylic acids is 1. The Labute approximate surface area is 217 Å². The van der Waals surface area contributed by atoms with Gasteiger partial charge in [-0.3, -0.25) is 14.5 Å². The smallest absolute Gasteiger partial charge is 0.286 e. The highest BCUT2D eigenvalue weighted by molar-refractivity contribution is 5.85. The number of aryl methyl sites for hydroxylation is 1. The van der Waals surface area contributed by atoms with Crippen LogP contribution in [0.5, 0.6) is 11.5 Å². The summed E-state index contributed by atoms with van der Waals surface area (Å²) in [4.78, 5) is 25.3. The predicted octanol–water partition coefficient (Wildman–Crippen LogP) is 4.69. The number of pyridine rings is 2. The van der Waals surface area contributed by atoms with Gasteiger partial charge in [-0.2, -0.15) is 18.9 Å². The average Bonchev–Trinajstić information content (AvgIpc) is 3.27. The van der Waals surface area contributed by atoms with E-state index in [1.54, 1.807) is 42.2 Å². The van der Waals surface area contributed by atoms with Crippen LogP contribution >= 0.6 is 0 Å². The molecule has 38 heavy (non-hydrogen) atoms. The van der Waals surface area contributed by atoms with Gasteiger partial charge >= 0.3 is 0 Å². The van der Waals surface area contributed by atoms with Gasteiger partial charge in [-0.25, -0.2) is 4.98 Å². The van der Waals surface area contributed by atoms with Crippen molar-refractivity contribution in [2.75, 3.05) is 18.5 Å². The normalized spacial score (nSPS) is 17.7. The maximum absolute atomic E-state index is 14.3. The predicted molar refractivity (Wildman–Crippen MR) is 134 cm³/mol. The number of fused-ring (bicyclic) bond motifs is 1. The van der Waals surface area contributed by atoms with Gasteiger partial charge in [0.15, 0.2) is 11.5 Å². The highest BCUT2D eigenvalue weighted by Crippen LogP contribution is 2.34. The second kappa shape index (κ2) is 9.43. The fourth-order valence-corrected chi connectivity index (χ4v) is 4.59. The fraction of sp³-hybridized carbons (Fsp3) is 0.423. The van der Waals surface area contributed by atoms with E-state index in [-0.39, 0.29) is 29.3 Å². The molecule has 2 fully saturated rings. The maximum Gasteiger partial charge on any atom is 0.286 e. The molecular weight excluding hydrogens is 496 g/mol. The minimum atomic E-state index is -3.06. The first kappa shape index (κ1) is 24.4. The second-order valence-electron chi connectivity index (χ2n) is 9.90. The molecule has 0 spiro atoms.